The summed E-state index contributed by atoms with van der Waals surface area (Å²) in [7, 11) is 19.0. The molecule has 0 bridgehead atoms. The van der Waals surface area contributed by atoms with Gasteiger partial charge in [-0.25, -0.2) is 0 Å². The molecule has 2 aromatic rings. The number of nitrogens with one attached hydrogen (secondary N) is 1. The van der Waals surface area contributed by atoms with E-state index in [4.69, 9.17) is 15.7 Å². The molecule has 1 aromatic heterocycles. The lowest BCUT2D eigenvalue weighted by Gasteiger charge is -2.20. The lowest BCUT2D eigenvalue weighted by atomic mass is 9.67. The van der Waals surface area contributed by atoms with Crippen LogP contribution in [0.1, 0.15) is 38.8 Å². The predicted octanol–water partition coefficient (Wildman–Crippen LogP) is 4.28. The summed E-state index contributed by atoms with van der Waals surface area (Å²) in [5.74, 6) is 0. The molecular formula is C21H35B3FN3. The average Bonchev–Trinajstić information content (AvgIpc) is 3.00. The van der Waals surface area contributed by atoms with E-state index in [1.165, 1.54) is 39.2 Å². The smallest absolute Gasteiger partial charge is 0.109 e. The second kappa shape index (κ2) is 13.8. The number of nitrogens with zero attached hydrogens (tertiary/aromatic N) is 2. The Labute approximate surface area is 175 Å². The SMILES string of the molecule is CC.CN1CCCCC1.[B]C.[B]C([B])(F)Cn1c(C)cc2c(NC)cccc21. The van der Waals surface area contributed by atoms with E-state index in [-0.39, 0.29) is 6.54 Å². The fraction of sp³-hybridized carbons (Fsp3) is 0.619. The van der Waals surface area contributed by atoms with Crippen LogP contribution in [0.2, 0.25) is 6.82 Å². The zero-order valence-electron chi connectivity index (χ0n) is 18.6. The van der Waals surface area contributed by atoms with E-state index < -0.39 is 5.47 Å². The van der Waals surface area contributed by atoms with Crippen LogP contribution < -0.4 is 5.32 Å². The molecule has 3 nitrogen and oxygen atoms in total. The Kier molecular flexibility index (Phi) is 13.1. The summed E-state index contributed by atoms with van der Waals surface area (Å²) in [5, 5.41) is 4.14. The first kappa shape index (κ1) is 26.6. The van der Waals surface area contributed by atoms with E-state index in [0.29, 0.717) is 0 Å². The first-order valence-electron chi connectivity index (χ1n) is 10.1. The topological polar surface area (TPSA) is 20.2 Å². The van der Waals surface area contributed by atoms with Gasteiger partial charge in [0.05, 0.1) is 13.4 Å². The molecule has 0 atom stereocenters. The molecule has 1 aliphatic heterocycles. The van der Waals surface area contributed by atoms with Crippen LogP contribution in [0, 0.1) is 6.92 Å². The number of hydrogen-bond acceptors (Lipinski definition) is 2. The molecule has 0 spiro atoms. The maximum atomic E-state index is 13.4. The quantitative estimate of drug-likeness (QED) is 0.802. The van der Waals surface area contributed by atoms with Gasteiger partial charge in [-0.3, -0.25) is 4.39 Å². The summed E-state index contributed by atoms with van der Waals surface area (Å²) in [5.41, 5.74) is 0.655. The molecule has 1 aromatic carbocycles. The lowest BCUT2D eigenvalue weighted by molar-refractivity contribution is 0.277. The van der Waals surface area contributed by atoms with E-state index in [1.807, 2.05) is 52.1 Å². The third-order valence-electron chi connectivity index (χ3n) is 4.40. The van der Waals surface area contributed by atoms with Crippen molar-refractivity contribution in [3.05, 3.63) is 30.0 Å². The summed E-state index contributed by atoms with van der Waals surface area (Å²) in [4.78, 5) is 2.39. The third-order valence-corrected chi connectivity index (χ3v) is 4.40. The number of hydrogen-bond donors (Lipinski definition) is 1. The molecule has 28 heavy (non-hydrogen) atoms. The van der Waals surface area contributed by atoms with Gasteiger partial charge in [0, 0.05) is 35.8 Å². The number of alkyl halides is 1. The maximum Gasteiger partial charge on any atom is 0.109 e. The van der Waals surface area contributed by atoms with Crippen molar-refractivity contribution in [2.45, 2.75) is 58.9 Å². The third kappa shape index (κ3) is 8.77. The minimum Gasteiger partial charge on any atom is -0.388 e. The second-order valence-corrected chi connectivity index (χ2v) is 6.65. The van der Waals surface area contributed by atoms with Gasteiger partial charge in [-0.15, -0.1) is 0 Å². The standard InChI is InChI=1S/C12H13B2FN2.C6H13N.C2H6.CH3B/c1-8-6-9-10(16-2)4-3-5-11(9)17(8)7-12(13,14)15;1-7-5-3-2-4-6-7;2*1-2/h3-6,16H,7H2,1-2H3;2-6H2,1H3;1-2H3;1H3. The number of rotatable bonds is 3. The normalized spacial score (nSPS) is 14.0. The van der Waals surface area contributed by atoms with Crippen LogP contribution in [0.25, 0.3) is 10.9 Å². The molecule has 1 fully saturated rings. The summed E-state index contributed by atoms with van der Waals surface area (Å²) in [6, 6.07) is 7.80. The number of likely N-dealkylation sites (tertiary alicyclic amines) is 1. The number of aromatic nitrogens is 1. The molecule has 1 N–H and O–H groups in total. The van der Waals surface area contributed by atoms with Crippen LogP contribution in [-0.4, -0.2) is 65.7 Å². The summed E-state index contributed by atoms with van der Waals surface area (Å²) >= 11 is 0. The highest BCUT2D eigenvalue weighted by Gasteiger charge is 2.18. The number of fused-ring (bicyclic) bond motifs is 1. The molecule has 3 rings (SSSR count). The lowest BCUT2D eigenvalue weighted by Crippen LogP contribution is -2.30. The van der Waals surface area contributed by atoms with Crippen molar-refractivity contribution in [3.8, 4) is 0 Å². The number of halogens is 1. The van der Waals surface area contributed by atoms with Crippen molar-refractivity contribution in [3.63, 3.8) is 0 Å². The minimum absolute atomic E-state index is 0.0600. The molecule has 1 saturated heterocycles. The summed E-state index contributed by atoms with van der Waals surface area (Å²) in [6.45, 7) is 9.99. The van der Waals surface area contributed by atoms with E-state index >= 15 is 0 Å². The van der Waals surface area contributed by atoms with Gasteiger partial charge in [0.15, 0.2) is 0 Å². The van der Waals surface area contributed by atoms with Gasteiger partial charge in [-0.05, 0) is 58.1 Å². The van der Waals surface area contributed by atoms with Gasteiger partial charge >= 0.3 is 0 Å². The van der Waals surface area contributed by atoms with Gasteiger partial charge in [0.25, 0.3) is 0 Å². The molecule has 7 heteroatoms. The van der Waals surface area contributed by atoms with Gasteiger partial charge in [-0.2, -0.15) is 0 Å². The Bertz CT molecular complexity index is 663. The number of piperidine rings is 1. The first-order chi connectivity index (χ1) is 13.3. The van der Waals surface area contributed by atoms with Crippen molar-refractivity contribution in [2.24, 2.45) is 0 Å². The summed E-state index contributed by atoms with van der Waals surface area (Å²) < 4.78 is 15.1. The highest BCUT2D eigenvalue weighted by atomic mass is 19.1. The highest BCUT2D eigenvalue weighted by molar-refractivity contribution is 6.38. The molecule has 0 amide bonds. The fourth-order valence-electron chi connectivity index (χ4n) is 3.14. The zero-order valence-corrected chi connectivity index (χ0v) is 18.6. The largest absolute Gasteiger partial charge is 0.388 e. The van der Waals surface area contributed by atoms with E-state index in [2.05, 4.69) is 25.1 Å². The molecule has 2 heterocycles. The number of aryl methyl sites for hydroxylation is 1. The zero-order chi connectivity index (χ0) is 21.7. The Hall–Kier alpha value is -1.36. The molecule has 1 aliphatic rings. The Balaban J connectivity index is 0.000000553. The Morgan fingerprint density at radius 2 is 1.68 bits per heavy atom. The van der Waals surface area contributed by atoms with Crippen LogP contribution in [0.3, 0.4) is 0 Å². The monoisotopic (exact) mass is 381 g/mol. The average molecular weight is 381 g/mol. The van der Waals surface area contributed by atoms with E-state index in [0.717, 1.165) is 22.3 Å². The first-order valence-corrected chi connectivity index (χ1v) is 10.1. The van der Waals surface area contributed by atoms with Crippen molar-refractivity contribution >= 4 is 40.1 Å². The van der Waals surface area contributed by atoms with E-state index in [9.17, 15) is 4.39 Å². The molecule has 0 saturated carbocycles. The second-order valence-electron chi connectivity index (χ2n) is 6.65. The number of anilines is 1. The van der Waals surface area contributed by atoms with Gasteiger partial charge < -0.3 is 14.8 Å². The van der Waals surface area contributed by atoms with Crippen LogP contribution in [0.4, 0.5) is 10.1 Å². The van der Waals surface area contributed by atoms with Crippen molar-refractivity contribution in [1.29, 1.82) is 0 Å². The van der Waals surface area contributed by atoms with Gasteiger partial charge in [0.2, 0.25) is 0 Å². The van der Waals surface area contributed by atoms with Crippen molar-refractivity contribution < 1.29 is 4.39 Å². The molecule has 0 aliphatic carbocycles. The predicted molar refractivity (Wildman–Crippen MR) is 126 cm³/mol. The van der Waals surface area contributed by atoms with Crippen LogP contribution in [0.5, 0.6) is 0 Å². The fourth-order valence-corrected chi connectivity index (χ4v) is 3.14. The van der Waals surface area contributed by atoms with Crippen LogP contribution >= 0.6 is 0 Å². The Morgan fingerprint density at radius 3 is 2.11 bits per heavy atom. The molecule has 6 radical (unpaired) electrons. The maximum absolute atomic E-state index is 13.4. The molecule has 0 unspecified atom stereocenters. The van der Waals surface area contributed by atoms with Crippen LogP contribution in [0.15, 0.2) is 24.3 Å². The van der Waals surface area contributed by atoms with Crippen molar-refractivity contribution in [2.75, 3.05) is 32.5 Å². The summed E-state index contributed by atoms with van der Waals surface area (Å²) in [6.07, 6.45) is 4.28. The van der Waals surface area contributed by atoms with Crippen LogP contribution in [-0.2, 0) is 6.54 Å². The Morgan fingerprint density at radius 1 is 1.11 bits per heavy atom. The highest BCUT2D eigenvalue weighted by Crippen LogP contribution is 2.27. The minimum atomic E-state index is -2.20. The molecule has 150 valence electrons. The number of benzene rings is 1. The molecular weight excluding hydrogens is 346 g/mol. The van der Waals surface area contributed by atoms with Gasteiger partial charge in [-0.1, -0.05) is 33.2 Å². The van der Waals surface area contributed by atoms with E-state index in [1.54, 1.807) is 4.57 Å². The van der Waals surface area contributed by atoms with Crippen molar-refractivity contribution in [1.82, 2.24) is 9.47 Å². The van der Waals surface area contributed by atoms with Gasteiger partial charge in [0.1, 0.15) is 15.7 Å².